The van der Waals surface area contributed by atoms with Gasteiger partial charge in [-0.05, 0) is 0 Å². The van der Waals surface area contributed by atoms with E-state index in [0.717, 1.165) is 0 Å². The second-order valence-corrected chi connectivity index (χ2v) is 4.59. The van der Waals surface area contributed by atoms with Crippen LogP contribution in [0.3, 0.4) is 0 Å². The van der Waals surface area contributed by atoms with Crippen molar-refractivity contribution in [3.8, 4) is 0 Å². The van der Waals surface area contributed by atoms with Crippen molar-refractivity contribution in [2.24, 2.45) is 21.7 Å². The van der Waals surface area contributed by atoms with Crippen molar-refractivity contribution in [3.63, 3.8) is 0 Å². The van der Waals surface area contributed by atoms with Gasteiger partial charge in [0, 0.05) is 17.7 Å². The molecule has 1 atom stereocenters. The normalized spacial score (nSPS) is 19.5. The molecule has 2 rings (SSSR count). The summed E-state index contributed by atoms with van der Waals surface area (Å²) in [4.78, 5) is 32.0. The molecule has 0 saturated carbocycles. The van der Waals surface area contributed by atoms with Crippen LogP contribution in [0.1, 0.15) is 11.7 Å². The highest BCUT2D eigenvalue weighted by Gasteiger charge is 2.38. The highest BCUT2D eigenvalue weighted by atomic mass is 16.6. The maximum atomic E-state index is 10.9. The average molecular weight is 348 g/mol. The third kappa shape index (κ3) is 4.04. The van der Waals surface area contributed by atoms with E-state index in [4.69, 9.17) is 21.6 Å². The van der Waals surface area contributed by atoms with E-state index in [-0.39, 0.29) is 22.7 Å². The average Bonchev–Trinajstić information content (AvgIpc) is 2.86. The van der Waals surface area contributed by atoms with Crippen LogP contribution in [-0.4, -0.2) is 34.3 Å². The molecule has 130 valence electrons. The first kappa shape index (κ1) is 17.3. The number of carbonyl (C=O) groups is 2. The SMILES string of the molecule is N=C1OC(c2cccc([N+](=O)[O-])c2)C(=NNC(N)=O)C1=NNC(N)=O. The minimum Gasteiger partial charge on any atom is -0.461 e. The molecule has 1 fully saturated rings. The monoisotopic (exact) mass is 348 g/mol. The Morgan fingerprint density at radius 1 is 1.24 bits per heavy atom. The van der Waals surface area contributed by atoms with E-state index in [0.29, 0.717) is 0 Å². The highest BCUT2D eigenvalue weighted by Crippen LogP contribution is 2.28. The van der Waals surface area contributed by atoms with Crippen LogP contribution >= 0.6 is 0 Å². The van der Waals surface area contributed by atoms with Crippen LogP contribution in [0.4, 0.5) is 15.3 Å². The number of benzene rings is 1. The number of urea groups is 2. The van der Waals surface area contributed by atoms with Gasteiger partial charge in [0.25, 0.3) is 5.69 Å². The van der Waals surface area contributed by atoms with Gasteiger partial charge in [0.15, 0.2) is 11.8 Å². The Hall–Kier alpha value is -4.03. The van der Waals surface area contributed by atoms with Crippen LogP contribution in [0.15, 0.2) is 34.5 Å². The Morgan fingerprint density at radius 2 is 1.88 bits per heavy atom. The minimum absolute atomic E-state index is 0.0990. The maximum Gasteiger partial charge on any atom is 0.332 e. The van der Waals surface area contributed by atoms with Crippen molar-refractivity contribution in [1.29, 1.82) is 5.41 Å². The Labute approximate surface area is 139 Å². The number of nitrogens with two attached hydrogens (primary N) is 2. The number of nitro benzene ring substituents is 1. The quantitative estimate of drug-likeness (QED) is 0.365. The van der Waals surface area contributed by atoms with Crippen LogP contribution in [0.5, 0.6) is 0 Å². The topological polar surface area (TPSA) is 211 Å². The van der Waals surface area contributed by atoms with Crippen LogP contribution in [0, 0.1) is 15.5 Å². The number of carbonyl (C=O) groups excluding carboxylic acids is 2. The number of hydrazone groups is 2. The fourth-order valence-corrected chi connectivity index (χ4v) is 1.94. The lowest BCUT2D eigenvalue weighted by Gasteiger charge is -2.10. The molecule has 1 heterocycles. The molecule has 13 nitrogen and oxygen atoms in total. The van der Waals surface area contributed by atoms with Gasteiger partial charge in [-0.25, -0.2) is 20.4 Å². The van der Waals surface area contributed by atoms with Gasteiger partial charge in [0.2, 0.25) is 5.90 Å². The van der Waals surface area contributed by atoms with Gasteiger partial charge in [-0.15, -0.1) is 0 Å². The van der Waals surface area contributed by atoms with Gasteiger partial charge in [0.1, 0.15) is 5.71 Å². The first-order valence-corrected chi connectivity index (χ1v) is 6.56. The van der Waals surface area contributed by atoms with Crippen molar-refractivity contribution in [3.05, 3.63) is 39.9 Å². The Morgan fingerprint density at radius 3 is 2.48 bits per heavy atom. The fraction of sp³-hybridized carbons (Fsp3) is 0.0833. The number of primary amides is 2. The first-order chi connectivity index (χ1) is 11.8. The summed E-state index contributed by atoms with van der Waals surface area (Å²) < 4.78 is 5.29. The molecule has 0 bridgehead atoms. The van der Waals surface area contributed by atoms with Crippen LogP contribution in [-0.2, 0) is 4.74 Å². The molecule has 0 spiro atoms. The number of hydrogen-bond donors (Lipinski definition) is 5. The van der Waals surface area contributed by atoms with Crippen molar-refractivity contribution < 1.29 is 19.2 Å². The molecular formula is C12H12N8O5. The van der Waals surface area contributed by atoms with Crippen LogP contribution < -0.4 is 22.3 Å². The Balaban J connectivity index is 2.47. The van der Waals surface area contributed by atoms with Crippen molar-refractivity contribution in [1.82, 2.24) is 10.9 Å². The highest BCUT2D eigenvalue weighted by molar-refractivity contribution is 6.69. The lowest BCUT2D eigenvalue weighted by atomic mass is 10.0. The maximum absolute atomic E-state index is 10.9. The van der Waals surface area contributed by atoms with Crippen LogP contribution in [0.2, 0.25) is 0 Å². The molecule has 1 aliphatic rings. The largest absolute Gasteiger partial charge is 0.461 e. The summed E-state index contributed by atoms with van der Waals surface area (Å²) in [5, 5.41) is 26.0. The molecule has 1 unspecified atom stereocenters. The van der Waals surface area contributed by atoms with Crippen LogP contribution in [0.25, 0.3) is 0 Å². The molecule has 0 radical (unpaired) electrons. The molecular weight excluding hydrogens is 336 g/mol. The zero-order chi connectivity index (χ0) is 18.6. The van der Waals surface area contributed by atoms with E-state index in [1.807, 2.05) is 10.9 Å². The number of non-ortho nitro benzene ring substituents is 1. The van der Waals surface area contributed by atoms with E-state index in [1.165, 1.54) is 24.3 Å². The van der Waals surface area contributed by atoms with E-state index in [1.54, 1.807) is 0 Å². The molecule has 13 heteroatoms. The Kier molecular flexibility index (Phi) is 4.87. The summed E-state index contributed by atoms with van der Waals surface area (Å²) in [6.07, 6.45) is -1.09. The predicted octanol–water partition coefficient (Wildman–Crippen LogP) is -0.308. The summed E-state index contributed by atoms with van der Waals surface area (Å²) in [6, 6.07) is 3.40. The molecule has 0 aromatic heterocycles. The summed E-state index contributed by atoms with van der Waals surface area (Å²) >= 11 is 0. The van der Waals surface area contributed by atoms with E-state index in [9.17, 15) is 19.7 Å². The summed E-state index contributed by atoms with van der Waals surface area (Å²) in [5.41, 5.74) is 13.5. The van der Waals surface area contributed by atoms with Gasteiger partial charge in [-0.2, -0.15) is 10.2 Å². The van der Waals surface area contributed by atoms with Gasteiger partial charge >= 0.3 is 12.1 Å². The molecule has 1 aromatic carbocycles. The van der Waals surface area contributed by atoms with E-state index >= 15 is 0 Å². The summed E-state index contributed by atoms with van der Waals surface area (Å²) in [6.45, 7) is 0. The molecule has 4 amide bonds. The predicted molar refractivity (Wildman–Crippen MR) is 85.0 cm³/mol. The number of hydrogen-bond acceptors (Lipinski definition) is 8. The van der Waals surface area contributed by atoms with Gasteiger partial charge in [-0.1, -0.05) is 12.1 Å². The second kappa shape index (κ2) is 7.03. The third-order valence-corrected chi connectivity index (χ3v) is 2.89. The second-order valence-electron chi connectivity index (χ2n) is 4.59. The number of nitrogens with zero attached hydrogens (tertiary/aromatic N) is 3. The standard InChI is InChI=1S/C12H12N8O5/c13-10-8(17-19-12(15)22)7(16-18-11(14)21)9(25-10)5-2-1-3-6(4-5)20(23)24/h1-4,9,13H,(H3,14,18,21)(H3,15,19,22). The number of ether oxygens (including phenoxy) is 1. The number of nitrogens with one attached hydrogen (secondary N) is 3. The summed E-state index contributed by atoms with van der Waals surface area (Å²) in [7, 11) is 0. The smallest absolute Gasteiger partial charge is 0.332 e. The van der Waals surface area contributed by atoms with E-state index < -0.39 is 29.0 Å². The first-order valence-electron chi connectivity index (χ1n) is 6.56. The van der Waals surface area contributed by atoms with Gasteiger partial charge in [0.05, 0.1) is 4.92 Å². The Bertz CT molecular complexity index is 817. The molecule has 7 N–H and O–H groups in total. The molecule has 1 aromatic rings. The third-order valence-electron chi connectivity index (χ3n) is 2.89. The molecule has 0 aliphatic carbocycles. The van der Waals surface area contributed by atoms with Gasteiger partial charge in [-0.3, -0.25) is 15.5 Å². The van der Waals surface area contributed by atoms with Crippen molar-refractivity contribution in [2.45, 2.75) is 6.10 Å². The zero-order valence-electron chi connectivity index (χ0n) is 12.4. The lowest BCUT2D eigenvalue weighted by molar-refractivity contribution is -0.384. The number of amides is 4. The lowest BCUT2D eigenvalue weighted by Crippen LogP contribution is -2.31. The molecule has 25 heavy (non-hydrogen) atoms. The number of rotatable bonds is 4. The number of nitro groups is 1. The zero-order valence-corrected chi connectivity index (χ0v) is 12.4. The fourth-order valence-electron chi connectivity index (χ4n) is 1.94. The molecule has 1 aliphatic heterocycles. The van der Waals surface area contributed by atoms with Crippen molar-refractivity contribution in [2.75, 3.05) is 0 Å². The molecule has 1 saturated heterocycles. The summed E-state index contributed by atoms with van der Waals surface area (Å²) in [5.74, 6) is -0.490. The van der Waals surface area contributed by atoms with Gasteiger partial charge < -0.3 is 16.2 Å². The van der Waals surface area contributed by atoms with Crippen molar-refractivity contribution >= 4 is 35.1 Å². The van der Waals surface area contributed by atoms with E-state index in [2.05, 4.69) is 10.2 Å². The minimum atomic E-state index is -1.09.